The third-order valence-corrected chi connectivity index (χ3v) is 4.14. The van der Waals surface area contributed by atoms with Crippen LogP contribution in [0.25, 0.3) is 0 Å². The fourth-order valence-electron chi connectivity index (χ4n) is 1.67. The molecule has 0 bridgehead atoms. The lowest BCUT2D eigenvalue weighted by Gasteiger charge is -2.16. The molecule has 0 saturated carbocycles. The minimum absolute atomic E-state index is 0.513. The lowest BCUT2D eigenvalue weighted by atomic mass is 10.5. The van der Waals surface area contributed by atoms with Crippen molar-refractivity contribution in [2.45, 2.75) is 6.55 Å². The van der Waals surface area contributed by atoms with Crippen LogP contribution in [-0.4, -0.2) is 27.4 Å². The first kappa shape index (κ1) is 17.3. The van der Waals surface area contributed by atoms with E-state index in [2.05, 4.69) is 15.5 Å². The van der Waals surface area contributed by atoms with Gasteiger partial charge in [-0.15, -0.1) is 0 Å². The van der Waals surface area contributed by atoms with Crippen LogP contribution in [0.2, 0.25) is 6.55 Å². The molecule has 10 heteroatoms. The van der Waals surface area contributed by atoms with Crippen LogP contribution in [0.5, 0.6) is 0 Å². The molecule has 0 unspecified atom stereocenters. The van der Waals surface area contributed by atoms with E-state index in [0.717, 1.165) is 0 Å². The number of oxime groups is 3. The summed E-state index contributed by atoms with van der Waals surface area (Å²) in [7, 11) is -3.37. The molecular weight excluding hydrogens is 358 g/mol. The minimum atomic E-state index is -3.37. The van der Waals surface area contributed by atoms with Gasteiger partial charge in [0.25, 0.3) is 0 Å². The average molecular weight is 373 g/mol. The van der Waals surface area contributed by atoms with Crippen LogP contribution in [0, 0.1) is 0 Å². The molecule has 0 aliphatic rings. The summed E-state index contributed by atoms with van der Waals surface area (Å²) in [4.78, 5) is 0. The van der Waals surface area contributed by atoms with E-state index < -0.39 is 8.80 Å². The maximum atomic E-state index is 5.36. The smallest absolute Gasteiger partial charge is 0.463 e. The van der Waals surface area contributed by atoms with E-state index in [9.17, 15) is 0 Å². The molecule has 0 spiro atoms. The van der Waals surface area contributed by atoms with Gasteiger partial charge in [0.15, 0.2) is 0 Å². The standard InChI is InChI=1S/C16H15N3O6Si/c1-26(23-17-11-14-5-2-8-20-14,24-18-12-15-6-3-9-21-15)25-19-13-16-7-4-10-22-16/h2-13H,1H3/b17-11+,18-12+,19-13+. The maximum absolute atomic E-state index is 5.36. The highest BCUT2D eigenvalue weighted by Gasteiger charge is 2.45. The molecule has 9 nitrogen and oxygen atoms in total. The average Bonchev–Trinajstić information content (AvgIpc) is 3.39. The molecule has 0 saturated heterocycles. The molecule has 3 heterocycles. The quantitative estimate of drug-likeness (QED) is 0.323. The fourth-order valence-corrected chi connectivity index (χ4v) is 2.50. The van der Waals surface area contributed by atoms with Crippen LogP contribution in [0.4, 0.5) is 0 Å². The first-order valence-electron chi connectivity index (χ1n) is 7.49. The van der Waals surface area contributed by atoms with Crippen molar-refractivity contribution >= 4 is 27.4 Å². The van der Waals surface area contributed by atoms with Crippen LogP contribution in [-0.2, 0) is 13.6 Å². The highest BCUT2D eigenvalue weighted by atomic mass is 28.4. The Labute approximate surface area is 149 Å². The fraction of sp³-hybridized carbons (Fsp3) is 0.0625. The van der Waals surface area contributed by atoms with Crippen LogP contribution >= 0.6 is 0 Å². The molecule has 0 radical (unpaired) electrons. The number of hydrogen-bond acceptors (Lipinski definition) is 9. The van der Waals surface area contributed by atoms with Gasteiger partial charge in [0.2, 0.25) is 0 Å². The van der Waals surface area contributed by atoms with Crippen LogP contribution in [0.15, 0.2) is 83.9 Å². The molecule has 26 heavy (non-hydrogen) atoms. The van der Waals surface area contributed by atoms with E-state index in [1.807, 2.05) is 0 Å². The van der Waals surface area contributed by atoms with Gasteiger partial charge < -0.3 is 26.8 Å². The van der Waals surface area contributed by atoms with E-state index in [1.165, 1.54) is 37.4 Å². The molecule has 3 rings (SSSR count). The van der Waals surface area contributed by atoms with E-state index in [1.54, 1.807) is 42.9 Å². The topological polar surface area (TPSA) is 104 Å². The Bertz CT molecular complexity index is 728. The second-order valence-corrected chi connectivity index (χ2v) is 7.16. The molecule has 0 fully saturated rings. The molecule has 0 atom stereocenters. The second kappa shape index (κ2) is 8.53. The van der Waals surface area contributed by atoms with Crippen LogP contribution in [0.3, 0.4) is 0 Å². The molecule has 0 aliphatic heterocycles. The van der Waals surface area contributed by atoms with Gasteiger partial charge in [0.05, 0.1) is 18.8 Å². The molecule has 0 amide bonds. The van der Waals surface area contributed by atoms with Crippen molar-refractivity contribution in [3.8, 4) is 0 Å². The largest absolute Gasteiger partial charge is 0.759 e. The third kappa shape index (κ3) is 5.24. The van der Waals surface area contributed by atoms with Crippen molar-refractivity contribution in [2.75, 3.05) is 0 Å². The van der Waals surface area contributed by atoms with Gasteiger partial charge in [-0.25, -0.2) is 0 Å². The molecule has 3 aromatic rings. The molecule has 0 N–H and O–H groups in total. The van der Waals surface area contributed by atoms with Crippen molar-refractivity contribution in [1.82, 2.24) is 0 Å². The maximum Gasteiger partial charge on any atom is 0.759 e. The molecular formula is C16H15N3O6Si. The molecule has 3 aromatic heterocycles. The minimum Gasteiger partial charge on any atom is -0.463 e. The van der Waals surface area contributed by atoms with E-state index in [0.29, 0.717) is 17.3 Å². The predicted molar refractivity (Wildman–Crippen MR) is 93.8 cm³/mol. The van der Waals surface area contributed by atoms with Gasteiger partial charge >= 0.3 is 8.80 Å². The number of rotatable bonds is 9. The Hall–Kier alpha value is -3.53. The van der Waals surface area contributed by atoms with Gasteiger partial charge in [-0.05, 0) is 36.4 Å². The van der Waals surface area contributed by atoms with Crippen molar-refractivity contribution in [3.63, 3.8) is 0 Å². The summed E-state index contributed by atoms with van der Waals surface area (Å²) < 4.78 is 31.5. The SMILES string of the molecule is C[Si](O/N=C/c1ccco1)(O/N=C/c1ccco1)O/N=C/c1ccco1. The normalized spacial score (nSPS) is 12.3. The van der Waals surface area contributed by atoms with Crippen LogP contribution in [0.1, 0.15) is 17.3 Å². The summed E-state index contributed by atoms with van der Waals surface area (Å²) in [6.45, 7) is 1.57. The Balaban J connectivity index is 1.64. The first-order valence-corrected chi connectivity index (χ1v) is 9.71. The third-order valence-electron chi connectivity index (χ3n) is 2.82. The van der Waals surface area contributed by atoms with Crippen LogP contribution < -0.4 is 0 Å². The Kier molecular flexibility index (Phi) is 5.67. The molecule has 0 aliphatic carbocycles. The lowest BCUT2D eigenvalue weighted by Crippen LogP contribution is -2.38. The number of nitrogens with zero attached hydrogens (tertiary/aromatic N) is 3. The zero-order chi connectivity index (χ0) is 18.1. The number of hydrogen-bond donors (Lipinski definition) is 0. The summed E-state index contributed by atoms with van der Waals surface area (Å²) in [5.74, 6) is 1.54. The van der Waals surface area contributed by atoms with E-state index >= 15 is 0 Å². The van der Waals surface area contributed by atoms with Crippen molar-refractivity contribution < 1.29 is 26.8 Å². The Morgan fingerprint density at radius 3 is 1.31 bits per heavy atom. The van der Waals surface area contributed by atoms with Crippen molar-refractivity contribution in [3.05, 3.63) is 72.5 Å². The summed E-state index contributed by atoms with van der Waals surface area (Å²) >= 11 is 0. The summed E-state index contributed by atoms with van der Waals surface area (Å²) in [6, 6.07) is 10.3. The Morgan fingerprint density at radius 1 is 0.692 bits per heavy atom. The Morgan fingerprint density at radius 2 is 1.04 bits per heavy atom. The van der Waals surface area contributed by atoms with Gasteiger partial charge in [0.1, 0.15) is 35.9 Å². The van der Waals surface area contributed by atoms with Gasteiger partial charge in [-0.2, -0.15) is 0 Å². The van der Waals surface area contributed by atoms with E-state index in [4.69, 9.17) is 26.8 Å². The summed E-state index contributed by atoms with van der Waals surface area (Å²) in [5, 5.41) is 11.4. The monoisotopic (exact) mass is 373 g/mol. The number of furan rings is 3. The van der Waals surface area contributed by atoms with Crippen molar-refractivity contribution in [2.24, 2.45) is 15.5 Å². The molecule has 0 aromatic carbocycles. The van der Waals surface area contributed by atoms with Gasteiger partial charge in [0, 0.05) is 6.55 Å². The second-order valence-electron chi connectivity index (χ2n) is 4.89. The van der Waals surface area contributed by atoms with Crippen molar-refractivity contribution in [1.29, 1.82) is 0 Å². The zero-order valence-electron chi connectivity index (χ0n) is 13.7. The first-order chi connectivity index (χ1) is 12.7. The van der Waals surface area contributed by atoms with Gasteiger partial charge in [-0.1, -0.05) is 15.5 Å². The summed E-state index contributed by atoms with van der Waals surface area (Å²) in [5.41, 5.74) is 0. The van der Waals surface area contributed by atoms with Gasteiger partial charge in [-0.3, -0.25) is 0 Å². The molecule has 134 valence electrons. The summed E-state index contributed by atoms with van der Waals surface area (Å²) in [6.07, 6.45) is 8.70. The highest BCUT2D eigenvalue weighted by molar-refractivity contribution is 6.59. The lowest BCUT2D eigenvalue weighted by molar-refractivity contribution is 0.0745. The zero-order valence-corrected chi connectivity index (χ0v) is 14.7. The van der Waals surface area contributed by atoms with E-state index in [-0.39, 0.29) is 0 Å². The predicted octanol–water partition coefficient (Wildman–Crippen LogP) is 3.49. The highest BCUT2D eigenvalue weighted by Crippen LogP contribution is 2.12.